The molecular formula is C28H31FN2O7. The summed E-state index contributed by atoms with van der Waals surface area (Å²) in [6.45, 7) is 9.40. The molecule has 0 radical (unpaired) electrons. The third kappa shape index (κ3) is 5.69. The zero-order valence-corrected chi connectivity index (χ0v) is 22.3. The number of esters is 3. The molecule has 0 bridgehead atoms. The summed E-state index contributed by atoms with van der Waals surface area (Å²) in [5.74, 6) is -4.84. The van der Waals surface area contributed by atoms with Crippen LogP contribution in [0.2, 0.25) is 0 Å². The van der Waals surface area contributed by atoms with E-state index in [9.17, 15) is 23.6 Å². The molecule has 1 aliphatic rings. The van der Waals surface area contributed by atoms with Gasteiger partial charge in [0.15, 0.2) is 6.61 Å². The van der Waals surface area contributed by atoms with Crippen molar-refractivity contribution in [2.45, 2.75) is 41.5 Å². The number of carbonyl (C=O) groups excluding carboxylic acids is 4. The van der Waals surface area contributed by atoms with E-state index in [4.69, 9.17) is 14.2 Å². The maximum Gasteiger partial charge on any atom is 0.337 e. The molecule has 10 heteroatoms. The first-order chi connectivity index (χ1) is 18.0. The first-order valence-corrected chi connectivity index (χ1v) is 12.2. The number of halogens is 1. The topological polar surface area (TPSA) is 113 Å². The quantitative estimate of drug-likeness (QED) is 0.298. The van der Waals surface area contributed by atoms with E-state index >= 15 is 0 Å². The number of nitrogens with zero attached hydrogens (tertiary/aromatic N) is 1. The Morgan fingerprint density at radius 1 is 0.868 bits per heavy atom. The van der Waals surface area contributed by atoms with Crippen molar-refractivity contribution >= 4 is 23.7 Å². The van der Waals surface area contributed by atoms with Crippen molar-refractivity contribution in [2.24, 2.45) is 5.92 Å². The lowest BCUT2D eigenvalue weighted by Crippen LogP contribution is -2.38. The Kier molecular flexibility index (Phi) is 8.88. The predicted octanol–water partition coefficient (Wildman–Crippen LogP) is 3.85. The predicted molar refractivity (Wildman–Crippen MR) is 136 cm³/mol. The number of carbonyl (C=O) groups is 4. The highest BCUT2D eigenvalue weighted by Gasteiger charge is 2.42. The minimum Gasteiger partial charge on any atom is -0.463 e. The molecule has 0 spiro atoms. The number of hydrogen-bond donors (Lipinski definition) is 1. The van der Waals surface area contributed by atoms with Crippen molar-refractivity contribution in [3.05, 3.63) is 75.6 Å². The van der Waals surface area contributed by atoms with Gasteiger partial charge in [0.1, 0.15) is 11.7 Å². The minimum atomic E-state index is -1.44. The van der Waals surface area contributed by atoms with Crippen molar-refractivity contribution < 1.29 is 37.8 Å². The van der Waals surface area contributed by atoms with E-state index < -0.39 is 36.2 Å². The lowest BCUT2D eigenvalue weighted by molar-refractivity contribution is -0.151. The molecular weight excluding hydrogens is 495 g/mol. The van der Waals surface area contributed by atoms with E-state index in [1.54, 1.807) is 64.3 Å². The summed E-state index contributed by atoms with van der Waals surface area (Å²) in [5, 5.41) is 2.93. The Balaban J connectivity index is 1.89. The van der Waals surface area contributed by atoms with E-state index in [2.05, 4.69) is 5.32 Å². The molecule has 0 fully saturated rings. The first-order valence-electron chi connectivity index (χ1n) is 12.2. The number of aryl methyl sites for hydroxylation is 1. The third-order valence-corrected chi connectivity index (χ3v) is 6.15. The molecule has 0 unspecified atom stereocenters. The Morgan fingerprint density at radius 2 is 1.39 bits per heavy atom. The second kappa shape index (κ2) is 11.9. The summed E-state index contributed by atoms with van der Waals surface area (Å²) >= 11 is 0. The first kappa shape index (κ1) is 28.4. The number of rotatable bonds is 9. The van der Waals surface area contributed by atoms with Crippen LogP contribution in [-0.2, 0) is 28.6 Å². The Hall–Kier alpha value is -4.21. The van der Waals surface area contributed by atoms with Crippen molar-refractivity contribution in [3.8, 4) is 5.69 Å². The Labute approximate surface area is 220 Å². The number of allylic oxidation sites excluding steroid dienone is 2. The summed E-state index contributed by atoms with van der Waals surface area (Å²) in [6.07, 6.45) is 0. The SMILES string of the molecule is CCOC(=O)C1=C(C)NC(C)=C(C(=O)OCC)C1C(=O)OCC(=O)c1cc(C)n(-c2ccc(F)cc2)c1C. The number of Topliss-reactive ketones (excluding diaryl/α,β-unsaturated/α-hetero) is 1. The summed E-state index contributed by atoms with van der Waals surface area (Å²) in [6, 6.07) is 7.49. The fourth-order valence-corrected chi connectivity index (χ4v) is 4.52. The number of aromatic nitrogens is 1. The van der Waals surface area contributed by atoms with Gasteiger partial charge in [0.2, 0.25) is 5.78 Å². The number of ketones is 1. The summed E-state index contributed by atoms with van der Waals surface area (Å²) < 4.78 is 30.8. The van der Waals surface area contributed by atoms with Gasteiger partial charge in [-0.1, -0.05) is 0 Å². The molecule has 3 rings (SSSR count). The van der Waals surface area contributed by atoms with E-state index in [0.717, 1.165) is 5.69 Å². The normalized spacial score (nSPS) is 13.8. The Bertz CT molecular complexity index is 1300. The van der Waals surface area contributed by atoms with E-state index in [0.29, 0.717) is 28.3 Å². The van der Waals surface area contributed by atoms with Crippen LogP contribution in [0.1, 0.15) is 49.4 Å². The Morgan fingerprint density at radius 3 is 1.89 bits per heavy atom. The zero-order valence-electron chi connectivity index (χ0n) is 22.3. The molecule has 1 aliphatic heterocycles. The van der Waals surface area contributed by atoms with Gasteiger partial charge < -0.3 is 24.1 Å². The number of ether oxygens (including phenoxy) is 3. The molecule has 38 heavy (non-hydrogen) atoms. The summed E-state index contributed by atoms with van der Waals surface area (Å²) in [7, 11) is 0. The molecule has 0 aliphatic carbocycles. The molecule has 0 saturated carbocycles. The molecule has 202 valence electrons. The molecule has 0 amide bonds. The molecule has 1 aromatic carbocycles. The van der Waals surface area contributed by atoms with Crippen LogP contribution in [0, 0.1) is 25.6 Å². The monoisotopic (exact) mass is 526 g/mol. The van der Waals surface area contributed by atoms with Crippen LogP contribution in [-0.4, -0.2) is 48.1 Å². The molecule has 2 aromatic rings. The van der Waals surface area contributed by atoms with Gasteiger partial charge in [-0.15, -0.1) is 0 Å². The fourth-order valence-electron chi connectivity index (χ4n) is 4.52. The van der Waals surface area contributed by atoms with Gasteiger partial charge in [0.25, 0.3) is 0 Å². The van der Waals surface area contributed by atoms with E-state index in [-0.39, 0.29) is 30.2 Å². The van der Waals surface area contributed by atoms with Crippen LogP contribution >= 0.6 is 0 Å². The maximum absolute atomic E-state index is 13.4. The lowest BCUT2D eigenvalue weighted by Gasteiger charge is -2.28. The molecule has 2 heterocycles. The van der Waals surface area contributed by atoms with E-state index in [1.165, 1.54) is 12.1 Å². The van der Waals surface area contributed by atoms with Gasteiger partial charge in [-0.25, -0.2) is 14.0 Å². The number of hydrogen-bond acceptors (Lipinski definition) is 8. The van der Waals surface area contributed by atoms with Gasteiger partial charge in [-0.2, -0.15) is 0 Å². The molecule has 1 N–H and O–H groups in total. The van der Waals surface area contributed by atoms with Crippen LogP contribution < -0.4 is 5.32 Å². The largest absolute Gasteiger partial charge is 0.463 e. The maximum atomic E-state index is 13.4. The second-order valence-corrected chi connectivity index (χ2v) is 8.70. The van der Waals surface area contributed by atoms with Crippen LogP contribution in [0.5, 0.6) is 0 Å². The highest BCUT2D eigenvalue weighted by atomic mass is 19.1. The molecule has 1 aromatic heterocycles. The average Bonchev–Trinajstić information content (AvgIpc) is 3.16. The molecule has 0 atom stereocenters. The molecule has 0 saturated heterocycles. The van der Waals surface area contributed by atoms with Gasteiger partial charge in [-0.3, -0.25) is 9.59 Å². The van der Waals surface area contributed by atoms with Crippen LogP contribution in [0.3, 0.4) is 0 Å². The number of benzene rings is 1. The van der Waals surface area contributed by atoms with Crippen LogP contribution in [0.25, 0.3) is 5.69 Å². The number of dihydropyridines is 1. The average molecular weight is 527 g/mol. The fraction of sp³-hybridized carbons (Fsp3) is 0.357. The van der Waals surface area contributed by atoms with Crippen molar-refractivity contribution in [1.82, 2.24) is 9.88 Å². The van der Waals surface area contributed by atoms with Gasteiger partial charge in [-0.05, 0) is 71.9 Å². The minimum absolute atomic E-state index is 0.0526. The standard InChI is InChI=1S/C28H31FN2O7/c1-7-36-26(33)23-16(4)30-17(5)24(27(34)37-8-2)25(23)28(35)38-14-22(32)21-13-15(3)31(18(21)6)20-11-9-19(29)10-12-20/h9-13,25,30H,7-8,14H2,1-6H3. The third-order valence-electron chi connectivity index (χ3n) is 6.15. The van der Waals surface area contributed by atoms with Crippen molar-refractivity contribution in [2.75, 3.05) is 19.8 Å². The van der Waals surface area contributed by atoms with Crippen LogP contribution in [0.15, 0.2) is 52.9 Å². The smallest absolute Gasteiger partial charge is 0.337 e. The van der Waals surface area contributed by atoms with E-state index in [1.807, 2.05) is 0 Å². The van der Waals surface area contributed by atoms with Crippen LogP contribution in [0.4, 0.5) is 4.39 Å². The highest BCUT2D eigenvalue weighted by Crippen LogP contribution is 2.33. The highest BCUT2D eigenvalue weighted by molar-refractivity contribution is 6.06. The molecule has 9 nitrogen and oxygen atoms in total. The van der Waals surface area contributed by atoms with Gasteiger partial charge in [0, 0.05) is 34.0 Å². The zero-order chi connectivity index (χ0) is 28.1. The summed E-state index contributed by atoms with van der Waals surface area (Å²) in [4.78, 5) is 52.0. The van der Waals surface area contributed by atoms with Crippen molar-refractivity contribution in [3.63, 3.8) is 0 Å². The summed E-state index contributed by atoms with van der Waals surface area (Å²) in [5.41, 5.74) is 2.78. The lowest BCUT2D eigenvalue weighted by atomic mass is 9.85. The van der Waals surface area contributed by atoms with Gasteiger partial charge >= 0.3 is 17.9 Å². The van der Waals surface area contributed by atoms with Gasteiger partial charge in [0.05, 0.1) is 24.4 Å². The number of nitrogens with one attached hydrogen (secondary N) is 1. The van der Waals surface area contributed by atoms with Crippen molar-refractivity contribution in [1.29, 1.82) is 0 Å². The second-order valence-electron chi connectivity index (χ2n) is 8.70.